The number of alkyl halides is 3. The number of anilines is 2. The first-order valence-corrected chi connectivity index (χ1v) is 11.3. The number of nitrogens with zero attached hydrogens (tertiary/aromatic N) is 2. The maximum atomic E-state index is 13.0. The maximum absolute atomic E-state index is 13.0. The number of hydrogen-bond acceptors (Lipinski definition) is 3. The third kappa shape index (κ3) is 5.26. The zero-order valence-corrected chi connectivity index (χ0v) is 19.4. The van der Waals surface area contributed by atoms with Gasteiger partial charge in [0.05, 0.1) is 16.6 Å². The number of aliphatic carboxylic acids is 1. The van der Waals surface area contributed by atoms with Gasteiger partial charge >= 0.3 is 12.1 Å². The second-order valence-corrected chi connectivity index (χ2v) is 9.99. The minimum absolute atomic E-state index is 0.148. The monoisotopic (exact) mass is 471 g/mol. The van der Waals surface area contributed by atoms with Crippen LogP contribution in [0, 0.1) is 11.3 Å². The molecule has 0 bridgehead atoms. The SMILES string of the molecule is CC1CC(n2c(Nc3ccc(C(F)(F)F)cc3)nc3cc(C=CC(=O)O)ccc32)CC(C)(C)C1. The molecule has 2 unspecified atom stereocenters. The van der Waals surface area contributed by atoms with Crippen molar-refractivity contribution in [3.8, 4) is 0 Å². The van der Waals surface area contributed by atoms with Crippen LogP contribution in [0.5, 0.6) is 0 Å². The van der Waals surface area contributed by atoms with Gasteiger partial charge in [0.1, 0.15) is 0 Å². The van der Waals surface area contributed by atoms with E-state index in [-0.39, 0.29) is 11.5 Å². The summed E-state index contributed by atoms with van der Waals surface area (Å²) in [6.45, 7) is 6.75. The van der Waals surface area contributed by atoms with Crippen LogP contribution < -0.4 is 5.32 Å². The molecule has 1 aromatic heterocycles. The van der Waals surface area contributed by atoms with Crippen molar-refractivity contribution in [2.75, 3.05) is 5.32 Å². The summed E-state index contributed by atoms with van der Waals surface area (Å²) >= 11 is 0. The summed E-state index contributed by atoms with van der Waals surface area (Å²) in [5.74, 6) is 0.0422. The molecule has 0 spiro atoms. The normalized spacial score (nSPS) is 20.6. The molecule has 2 aromatic carbocycles. The molecule has 0 radical (unpaired) electrons. The fraction of sp³-hybridized carbons (Fsp3) is 0.385. The lowest BCUT2D eigenvalue weighted by molar-refractivity contribution is -0.137. The number of fused-ring (bicyclic) bond motifs is 1. The largest absolute Gasteiger partial charge is 0.478 e. The Morgan fingerprint density at radius 2 is 1.88 bits per heavy atom. The molecule has 180 valence electrons. The summed E-state index contributed by atoms with van der Waals surface area (Å²) < 4.78 is 41.1. The molecular weight excluding hydrogens is 443 g/mol. The Morgan fingerprint density at radius 1 is 1.18 bits per heavy atom. The molecule has 0 aliphatic heterocycles. The molecule has 0 saturated heterocycles. The number of nitrogens with one attached hydrogen (secondary N) is 1. The minimum atomic E-state index is -4.39. The first-order valence-electron chi connectivity index (χ1n) is 11.3. The van der Waals surface area contributed by atoms with Crippen LogP contribution in [0.4, 0.5) is 24.8 Å². The first kappa shape index (κ1) is 23.9. The van der Waals surface area contributed by atoms with Gasteiger partial charge in [0.25, 0.3) is 0 Å². The maximum Gasteiger partial charge on any atom is 0.416 e. The lowest BCUT2D eigenvalue weighted by Crippen LogP contribution is -2.29. The molecule has 1 aliphatic rings. The van der Waals surface area contributed by atoms with Gasteiger partial charge in [0.15, 0.2) is 0 Å². The minimum Gasteiger partial charge on any atom is -0.478 e. The quantitative estimate of drug-likeness (QED) is 0.384. The van der Waals surface area contributed by atoms with E-state index >= 15 is 0 Å². The van der Waals surface area contributed by atoms with Crippen molar-refractivity contribution in [3.63, 3.8) is 0 Å². The molecule has 0 amide bonds. The van der Waals surface area contributed by atoms with Gasteiger partial charge in [0.2, 0.25) is 5.95 Å². The molecule has 2 N–H and O–H groups in total. The summed E-state index contributed by atoms with van der Waals surface area (Å²) in [7, 11) is 0. The Morgan fingerprint density at radius 3 is 2.50 bits per heavy atom. The van der Waals surface area contributed by atoms with E-state index in [1.54, 1.807) is 0 Å². The van der Waals surface area contributed by atoms with Crippen molar-refractivity contribution in [2.45, 2.75) is 52.3 Å². The molecule has 4 rings (SSSR count). The number of carbonyl (C=O) groups is 1. The number of benzene rings is 2. The Hall–Kier alpha value is -3.29. The fourth-order valence-corrected chi connectivity index (χ4v) is 5.21. The zero-order valence-electron chi connectivity index (χ0n) is 19.4. The van der Waals surface area contributed by atoms with Crippen molar-refractivity contribution < 1.29 is 23.1 Å². The standard InChI is InChI=1S/C26H28F3N3O2/c1-16-12-20(15-25(2,3)14-16)32-22-10-4-17(5-11-23(33)34)13-21(22)31-24(32)30-19-8-6-18(7-9-19)26(27,28)29/h4-11,13,16,20H,12,14-15H2,1-3H3,(H,30,31)(H,33,34). The number of rotatable bonds is 5. The average molecular weight is 472 g/mol. The van der Waals surface area contributed by atoms with E-state index in [2.05, 4.69) is 30.7 Å². The van der Waals surface area contributed by atoms with E-state index in [1.165, 1.54) is 18.2 Å². The summed E-state index contributed by atoms with van der Waals surface area (Å²) in [6.07, 6.45) is 1.24. The number of aromatic nitrogens is 2. The number of carboxylic acid groups (broad SMARTS) is 1. The van der Waals surface area contributed by atoms with E-state index in [1.807, 2.05) is 18.2 Å². The van der Waals surface area contributed by atoms with Gasteiger partial charge < -0.3 is 15.0 Å². The van der Waals surface area contributed by atoms with Gasteiger partial charge in [-0.25, -0.2) is 9.78 Å². The van der Waals surface area contributed by atoms with Crippen molar-refractivity contribution in [3.05, 3.63) is 59.7 Å². The Balaban J connectivity index is 1.77. The zero-order chi connectivity index (χ0) is 24.7. The Kier molecular flexibility index (Phi) is 6.18. The summed E-state index contributed by atoms with van der Waals surface area (Å²) in [6, 6.07) is 10.7. The second-order valence-electron chi connectivity index (χ2n) is 9.99. The number of carboxylic acids is 1. The van der Waals surface area contributed by atoms with Crippen LogP contribution in [0.25, 0.3) is 17.1 Å². The number of halogens is 3. The molecule has 8 heteroatoms. The smallest absolute Gasteiger partial charge is 0.416 e. The van der Waals surface area contributed by atoms with Crippen molar-refractivity contribution in [1.82, 2.24) is 9.55 Å². The summed E-state index contributed by atoms with van der Waals surface area (Å²) in [5, 5.41) is 12.1. The van der Waals surface area contributed by atoms with Crippen LogP contribution in [0.2, 0.25) is 0 Å². The number of imidazole rings is 1. The highest BCUT2D eigenvalue weighted by atomic mass is 19.4. The van der Waals surface area contributed by atoms with Crippen molar-refractivity contribution in [2.24, 2.45) is 11.3 Å². The molecule has 5 nitrogen and oxygen atoms in total. The highest BCUT2D eigenvalue weighted by Gasteiger charge is 2.35. The molecule has 3 aromatic rings. The van der Waals surface area contributed by atoms with E-state index in [9.17, 15) is 18.0 Å². The van der Waals surface area contributed by atoms with Gasteiger partial charge in [-0.3, -0.25) is 0 Å². The Labute approximate surface area is 196 Å². The second kappa shape index (κ2) is 8.81. The predicted octanol–water partition coefficient (Wildman–Crippen LogP) is 7.28. The lowest BCUT2D eigenvalue weighted by atomic mass is 9.70. The third-order valence-corrected chi connectivity index (χ3v) is 6.33. The average Bonchev–Trinajstić information content (AvgIpc) is 3.07. The fourth-order valence-electron chi connectivity index (χ4n) is 5.21. The van der Waals surface area contributed by atoms with E-state index in [0.29, 0.717) is 28.6 Å². The van der Waals surface area contributed by atoms with Crippen LogP contribution in [-0.2, 0) is 11.0 Å². The molecule has 34 heavy (non-hydrogen) atoms. The van der Waals surface area contributed by atoms with Gasteiger partial charge in [0, 0.05) is 17.8 Å². The lowest BCUT2D eigenvalue weighted by Gasteiger charge is -2.40. The first-order chi connectivity index (χ1) is 15.9. The predicted molar refractivity (Wildman–Crippen MR) is 127 cm³/mol. The van der Waals surface area contributed by atoms with Crippen LogP contribution in [0.15, 0.2) is 48.5 Å². The van der Waals surface area contributed by atoms with Crippen LogP contribution in [0.1, 0.15) is 57.2 Å². The van der Waals surface area contributed by atoms with E-state index in [4.69, 9.17) is 10.1 Å². The molecule has 1 saturated carbocycles. The van der Waals surface area contributed by atoms with E-state index < -0.39 is 17.7 Å². The van der Waals surface area contributed by atoms with Gasteiger partial charge in [-0.15, -0.1) is 0 Å². The van der Waals surface area contributed by atoms with Gasteiger partial charge in [-0.2, -0.15) is 13.2 Å². The highest BCUT2D eigenvalue weighted by Crippen LogP contribution is 2.46. The van der Waals surface area contributed by atoms with Gasteiger partial charge in [-0.1, -0.05) is 26.8 Å². The molecule has 2 atom stereocenters. The summed E-state index contributed by atoms with van der Waals surface area (Å²) in [5.41, 5.74) is 2.25. The molecule has 1 heterocycles. The van der Waals surface area contributed by atoms with Gasteiger partial charge in [-0.05, 0) is 78.6 Å². The van der Waals surface area contributed by atoms with Crippen molar-refractivity contribution >= 4 is 34.7 Å². The van der Waals surface area contributed by atoms with Crippen molar-refractivity contribution in [1.29, 1.82) is 0 Å². The van der Waals surface area contributed by atoms with E-state index in [0.717, 1.165) is 43.0 Å². The van der Waals surface area contributed by atoms with Crippen LogP contribution >= 0.6 is 0 Å². The summed E-state index contributed by atoms with van der Waals surface area (Å²) in [4.78, 5) is 15.7. The highest BCUT2D eigenvalue weighted by molar-refractivity contribution is 5.87. The Bertz CT molecular complexity index is 1230. The van der Waals surface area contributed by atoms with Crippen LogP contribution in [-0.4, -0.2) is 20.6 Å². The molecular formula is C26H28F3N3O2. The molecule has 1 aliphatic carbocycles. The number of hydrogen-bond donors (Lipinski definition) is 2. The molecule has 1 fully saturated rings. The topological polar surface area (TPSA) is 67.2 Å². The third-order valence-electron chi connectivity index (χ3n) is 6.33. The van der Waals surface area contributed by atoms with Crippen LogP contribution in [0.3, 0.4) is 0 Å².